The van der Waals surface area contributed by atoms with E-state index >= 15 is 0 Å². The van der Waals surface area contributed by atoms with Crippen LogP contribution < -0.4 is 0 Å². The van der Waals surface area contributed by atoms with Crippen LogP contribution in [0.2, 0.25) is 5.28 Å². The molecule has 0 atom stereocenters. The van der Waals surface area contributed by atoms with Gasteiger partial charge in [0.15, 0.2) is 5.82 Å². The predicted octanol–water partition coefficient (Wildman–Crippen LogP) is 4.20. The standard InChI is InChI=1S/C14H12ClFN2/c15-14-17-8-12(16)13(18-14)11-6-2-5-10(7-11)9-3-1-4-9/h2,5-9H,1,3-4H2. The summed E-state index contributed by atoms with van der Waals surface area (Å²) in [6.07, 6.45) is 4.83. The molecule has 0 saturated heterocycles. The highest BCUT2D eigenvalue weighted by atomic mass is 35.5. The fourth-order valence-corrected chi connectivity index (χ4v) is 2.36. The zero-order valence-electron chi connectivity index (χ0n) is 9.74. The first kappa shape index (κ1) is 11.6. The number of nitrogens with zero attached hydrogens (tertiary/aromatic N) is 2. The summed E-state index contributed by atoms with van der Waals surface area (Å²) in [5.41, 5.74) is 2.30. The smallest absolute Gasteiger partial charge is 0.223 e. The molecule has 0 aliphatic heterocycles. The molecule has 1 aromatic heterocycles. The Hall–Kier alpha value is -1.48. The molecule has 1 aromatic carbocycles. The van der Waals surface area contributed by atoms with Gasteiger partial charge in [0, 0.05) is 5.56 Å². The minimum Gasteiger partial charge on any atom is -0.223 e. The Morgan fingerprint density at radius 2 is 2.11 bits per heavy atom. The molecule has 2 aromatic rings. The fraction of sp³-hybridized carbons (Fsp3) is 0.286. The predicted molar refractivity (Wildman–Crippen MR) is 69.0 cm³/mol. The van der Waals surface area contributed by atoms with Crippen molar-refractivity contribution < 1.29 is 4.39 Å². The Balaban J connectivity index is 2.02. The average molecular weight is 263 g/mol. The third-order valence-electron chi connectivity index (χ3n) is 3.45. The van der Waals surface area contributed by atoms with Crippen LogP contribution in [0.15, 0.2) is 30.5 Å². The van der Waals surface area contributed by atoms with Crippen molar-refractivity contribution in [1.82, 2.24) is 9.97 Å². The summed E-state index contributed by atoms with van der Waals surface area (Å²) in [6, 6.07) is 7.89. The third-order valence-corrected chi connectivity index (χ3v) is 3.63. The third kappa shape index (κ3) is 2.10. The lowest BCUT2D eigenvalue weighted by molar-refractivity contribution is 0.420. The van der Waals surface area contributed by atoms with E-state index in [4.69, 9.17) is 11.6 Å². The van der Waals surface area contributed by atoms with E-state index in [0.29, 0.717) is 5.92 Å². The zero-order valence-corrected chi connectivity index (χ0v) is 10.5. The number of hydrogen-bond acceptors (Lipinski definition) is 2. The summed E-state index contributed by atoms with van der Waals surface area (Å²) in [4.78, 5) is 7.60. The van der Waals surface area contributed by atoms with Crippen molar-refractivity contribution in [2.24, 2.45) is 0 Å². The second kappa shape index (κ2) is 4.65. The Morgan fingerprint density at radius 3 is 2.83 bits per heavy atom. The number of rotatable bonds is 2. The maximum absolute atomic E-state index is 13.7. The molecule has 4 heteroatoms. The van der Waals surface area contributed by atoms with Gasteiger partial charge in [0.1, 0.15) is 5.69 Å². The molecule has 0 radical (unpaired) electrons. The molecule has 1 aliphatic carbocycles. The molecular formula is C14H12ClFN2. The molecule has 1 aliphatic rings. The number of benzene rings is 1. The first-order valence-corrected chi connectivity index (χ1v) is 6.40. The molecule has 92 valence electrons. The summed E-state index contributed by atoms with van der Waals surface area (Å²) >= 11 is 5.72. The Kier molecular flexibility index (Phi) is 3.00. The number of hydrogen-bond donors (Lipinski definition) is 0. The Labute approximate surface area is 110 Å². The summed E-state index contributed by atoms with van der Waals surface area (Å²) in [6.45, 7) is 0. The minimum atomic E-state index is -0.440. The van der Waals surface area contributed by atoms with Crippen LogP contribution in [0.1, 0.15) is 30.7 Å². The van der Waals surface area contributed by atoms with Gasteiger partial charge in [0.25, 0.3) is 0 Å². The van der Waals surface area contributed by atoms with Gasteiger partial charge in [-0.15, -0.1) is 0 Å². The molecule has 0 amide bonds. The summed E-state index contributed by atoms with van der Waals surface area (Å²) in [7, 11) is 0. The molecule has 0 spiro atoms. The van der Waals surface area contributed by atoms with Crippen LogP contribution in [-0.4, -0.2) is 9.97 Å². The van der Waals surface area contributed by atoms with Crippen molar-refractivity contribution in [2.45, 2.75) is 25.2 Å². The lowest BCUT2D eigenvalue weighted by Crippen LogP contribution is -2.08. The Morgan fingerprint density at radius 1 is 1.28 bits per heavy atom. The van der Waals surface area contributed by atoms with Crippen LogP contribution in [-0.2, 0) is 0 Å². The van der Waals surface area contributed by atoms with Crippen molar-refractivity contribution in [1.29, 1.82) is 0 Å². The van der Waals surface area contributed by atoms with E-state index in [1.54, 1.807) is 0 Å². The Bertz CT molecular complexity index is 582. The van der Waals surface area contributed by atoms with Gasteiger partial charge in [-0.2, -0.15) is 0 Å². The van der Waals surface area contributed by atoms with Gasteiger partial charge >= 0.3 is 0 Å². The average Bonchev–Trinajstić information content (AvgIpc) is 2.30. The molecule has 1 fully saturated rings. The monoisotopic (exact) mass is 262 g/mol. The molecule has 0 N–H and O–H groups in total. The van der Waals surface area contributed by atoms with Crippen LogP contribution in [0.4, 0.5) is 4.39 Å². The van der Waals surface area contributed by atoms with E-state index in [1.165, 1.54) is 24.8 Å². The molecule has 0 unspecified atom stereocenters. The number of halogens is 2. The van der Waals surface area contributed by atoms with Crippen molar-refractivity contribution in [3.05, 3.63) is 47.1 Å². The lowest BCUT2D eigenvalue weighted by Gasteiger charge is -2.26. The quantitative estimate of drug-likeness (QED) is 0.758. The van der Waals surface area contributed by atoms with Crippen LogP contribution >= 0.6 is 11.6 Å². The van der Waals surface area contributed by atoms with E-state index < -0.39 is 5.82 Å². The molecular weight excluding hydrogens is 251 g/mol. The molecule has 3 rings (SSSR count). The summed E-state index contributed by atoms with van der Waals surface area (Å²) in [5, 5.41) is 0.0699. The molecule has 0 bridgehead atoms. The van der Waals surface area contributed by atoms with Gasteiger partial charge in [-0.05, 0) is 42.0 Å². The second-order valence-corrected chi connectivity index (χ2v) is 4.93. The lowest BCUT2D eigenvalue weighted by atomic mass is 9.79. The molecule has 1 saturated carbocycles. The zero-order chi connectivity index (χ0) is 12.5. The van der Waals surface area contributed by atoms with Crippen molar-refractivity contribution >= 4 is 11.6 Å². The SMILES string of the molecule is Fc1cnc(Cl)nc1-c1cccc(C2CCC2)c1. The van der Waals surface area contributed by atoms with Crippen LogP contribution in [0.25, 0.3) is 11.3 Å². The summed E-state index contributed by atoms with van der Waals surface area (Å²) in [5.74, 6) is 0.176. The van der Waals surface area contributed by atoms with Crippen molar-refractivity contribution in [3.63, 3.8) is 0 Å². The fourth-order valence-electron chi connectivity index (χ4n) is 2.23. The summed E-state index contributed by atoms with van der Waals surface area (Å²) < 4.78 is 13.7. The second-order valence-electron chi connectivity index (χ2n) is 4.59. The van der Waals surface area contributed by atoms with Gasteiger partial charge in [0.05, 0.1) is 6.20 Å². The first-order valence-electron chi connectivity index (χ1n) is 6.02. The highest BCUT2D eigenvalue weighted by Crippen LogP contribution is 2.37. The molecule has 2 nitrogen and oxygen atoms in total. The maximum atomic E-state index is 13.7. The largest absolute Gasteiger partial charge is 0.223 e. The van der Waals surface area contributed by atoms with Crippen molar-refractivity contribution in [3.8, 4) is 11.3 Å². The number of aromatic nitrogens is 2. The normalized spacial score (nSPS) is 15.4. The minimum absolute atomic E-state index is 0.0699. The van der Waals surface area contributed by atoms with E-state index in [0.717, 1.165) is 11.8 Å². The van der Waals surface area contributed by atoms with Gasteiger partial charge in [-0.25, -0.2) is 14.4 Å². The van der Waals surface area contributed by atoms with E-state index in [-0.39, 0.29) is 11.0 Å². The van der Waals surface area contributed by atoms with Crippen LogP contribution in [0.5, 0.6) is 0 Å². The first-order chi connectivity index (χ1) is 8.74. The molecule has 18 heavy (non-hydrogen) atoms. The topological polar surface area (TPSA) is 25.8 Å². The van der Waals surface area contributed by atoms with Crippen LogP contribution in [0, 0.1) is 5.82 Å². The maximum Gasteiger partial charge on any atom is 0.223 e. The molecule has 1 heterocycles. The van der Waals surface area contributed by atoms with E-state index in [2.05, 4.69) is 16.0 Å². The van der Waals surface area contributed by atoms with Crippen LogP contribution in [0.3, 0.4) is 0 Å². The van der Waals surface area contributed by atoms with Crippen molar-refractivity contribution in [2.75, 3.05) is 0 Å². The van der Waals surface area contributed by atoms with E-state index in [1.807, 2.05) is 18.2 Å². The highest BCUT2D eigenvalue weighted by Gasteiger charge is 2.20. The van der Waals surface area contributed by atoms with Gasteiger partial charge in [-0.3, -0.25) is 0 Å². The highest BCUT2D eigenvalue weighted by molar-refractivity contribution is 6.28. The van der Waals surface area contributed by atoms with Gasteiger partial charge in [0.2, 0.25) is 5.28 Å². The van der Waals surface area contributed by atoms with E-state index in [9.17, 15) is 4.39 Å². The van der Waals surface area contributed by atoms with Gasteiger partial charge < -0.3 is 0 Å². The van der Waals surface area contributed by atoms with Gasteiger partial charge in [-0.1, -0.05) is 24.6 Å².